The molecule has 1 unspecified atom stereocenters. The lowest BCUT2D eigenvalue weighted by atomic mass is 10.3. The molecule has 0 N–H and O–H groups in total. The van der Waals surface area contributed by atoms with Gasteiger partial charge in [-0.1, -0.05) is 13.5 Å². The quantitative estimate of drug-likeness (QED) is 0.506. The van der Waals surface area contributed by atoms with Crippen molar-refractivity contribution in [3.63, 3.8) is 0 Å². The predicted molar refractivity (Wildman–Crippen MR) is 57.7 cm³/mol. The summed E-state index contributed by atoms with van der Waals surface area (Å²) < 4.78 is 5.50. The van der Waals surface area contributed by atoms with E-state index < -0.39 is 4.93 Å². The van der Waals surface area contributed by atoms with E-state index >= 15 is 0 Å². The van der Waals surface area contributed by atoms with E-state index in [1.807, 2.05) is 20.8 Å². The third kappa shape index (κ3) is 4.48. The third-order valence-corrected chi connectivity index (χ3v) is 3.12. The van der Waals surface area contributed by atoms with E-state index in [1.165, 1.54) is 11.8 Å². The molecule has 0 heterocycles. The molecule has 76 valence electrons. The Morgan fingerprint density at radius 1 is 1.54 bits per heavy atom. The normalized spacial score (nSPS) is 15.1. The number of carbonyl (C=O) groups is 1. The van der Waals surface area contributed by atoms with Crippen molar-refractivity contribution in [2.75, 3.05) is 6.61 Å². The van der Waals surface area contributed by atoms with Crippen molar-refractivity contribution in [3.05, 3.63) is 12.2 Å². The zero-order valence-corrected chi connectivity index (χ0v) is 9.66. The Morgan fingerprint density at radius 2 is 2.08 bits per heavy atom. The number of carbonyl (C=O) groups excluding carboxylic acids is 1. The van der Waals surface area contributed by atoms with E-state index in [9.17, 15) is 4.79 Å². The molecule has 0 saturated carbocycles. The fraction of sp³-hybridized carbons (Fsp3) is 0.700. The van der Waals surface area contributed by atoms with Crippen molar-refractivity contribution in [2.45, 2.75) is 39.0 Å². The molecule has 0 aliphatic carbocycles. The zero-order chi connectivity index (χ0) is 10.5. The lowest BCUT2D eigenvalue weighted by molar-refractivity contribution is -0.108. The predicted octanol–water partition coefficient (Wildman–Crippen LogP) is 2.99. The van der Waals surface area contributed by atoms with E-state index in [0.717, 1.165) is 6.42 Å². The molecule has 0 aliphatic heterocycles. The van der Waals surface area contributed by atoms with Crippen molar-refractivity contribution in [2.24, 2.45) is 0 Å². The first kappa shape index (κ1) is 12.7. The second-order valence-corrected chi connectivity index (χ2v) is 4.53. The highest BCUT2D eigenvalue weighted by Gasteiger charge is 2.26. The molecule has 3 heteroatoms. The van der Waals surface area contributed by atoms with Crippen LogP contribution >= 0.6 is 11.8 Å². The summed E-state index contributed by atoms with van der Waals surface area (Å²) in [6, 6.07) is 0. The maximum absolute atomic E-state index is 11.4. The van der Waals surface area contributed by atoms with Crippen LogP contribution < -0.4 is 0 Å². The molecule has 2 nitrogen and oxygen atoms in total. The molecule has 1 atom stereocenters. The van der Waals surface area contributed by atoms with Gasteiger partial charge in [0.15, 0.2) is 0 Å². The van der Waals surface area contributed by atoms with Gasteiger partial charge in [-0.05, 0) is 44.5 Å². The second-order valence-electron chi connectivity index (χ2n) is 3.09. The van der Waals surface area contributed by atoms with Gasteiger partial charge in [0.05, 0.1) is 0 Å². The Labute approximate surface area is 84.7 Å². The molecule has 0 aromatic rings. The molecule has 0 aromatic heterocycles. The van der Waals surface area contributed by atoms with E-state index in [0.29, 0.717) is 12.2 Å². The molecule has 0 amide bonds. The van der Waals surface area contributed by atoms with Crippen molar-refractivity contribution in [1.29, 1.82) is 0 Å². The third-order valence-electron chi connectivity index (χ3n) is 1.75. The average molecular weight is 202 g/mol. The van der Waals surface area contributed by atoms with Crippen molar-refractivity contribution in [3.8, 4) is 0 Å². The van der Waals surface area contributed by atoms with Crippen molar-refractivity contribution < 1.29 is 9.53 Å². The summed E-state index contributed by atoms with van der Waals surface area (Å²) in [6.07, 6.45) is 0.810. The molecule has 0 fully saturated rings. The van der Waals surface area contributed by atoms with E-state index in [1.54, 1.807) is 6.92 Å². The van der Waals surface area contributed by atoms with E-state index in [2.05, 4.69) is 6.58 Å². The minimum atomic E-state index is -0.398. The average Bonchev–Trinajstić information content (AvgIpc) is 2.04. The maximum Gasteiger partial charge on any atom is 0.217 e. The molecule has 0 spiro atoms. The summed E-state index contributed by atoms with van der Waals surface area (Å²) >= 11 is 1.22. The van der Waals surface area contributed by atoms with Gasteiger partial charge in [0.25, 0.3) is 0 Å². The van der Waals surface area contributed by atoms with E-state index in [-0.39, 0.29) is 5.12 Å². The number of thioether (sulfide) groups is 1. The fourth-order valence-electron chi connectivity index (χ4n) is 0.792. The highest BCUT2D eigenvalue weighted by Crippen LogP contribution is 2.31. The van der Waals surface area contributed by atoms with Crippen LogP contribution in [0.3, 0.4) is 0 Å². The van der Waals surface area contributed by atoms with Crippen LogP contribution in [0.1, 0.15) is 34.1 Å². The van der Waals surface area contributed by atoms with Crippen LogP contribution in [-0.2, 0) is 9.53 Å². The van der Waals surface area contributed by atoms with Gasteiger partial charge in [-0.2, -0.15) is 0 Å². The smallest absolute Gasteiger partial charge is 0.217 e. The standard InChI is InChI=1S/C10H18O2S/c1-6-10(5,12-7-2)13-9(11)8(3)4/h3,6-7H2,1-2,4-5H3. The van der Waals surface area contributed by atoms with Gasteiger partial charge < -0.3 is 4.74 Å². The Bertz CT molecular complexity index is 201. The molecule has 13 heavy (non-hydrogen) atoms. The molecule has 0 bridgehead atoms. The number of rotatable bonds is 5. The summed E-state index contributed by atoms with van der Waals surface area (Å²) in [5.74, 6) is 0. The van der Waals surface area contributed by atoms with Gasteiger partial charge in [-0.15, -0.1) is 0 Å². The molecule has 0 radical (unpaired) electrons. The SMILES string of the molecule is C=C(C)C(=O)SC(C)(CC)OCC. The first-order valence-corrected chi connectivity index (χ1v) is 5.29. The Morgan fingerprint density at radius 3 is 2.38 bits per heavy atom. The summed E-state index contributed by atoms with van der Waals surface area (Å²) in [4.78, 5) is 11.0. The monoisotopic (exact) mass is 202 g/mol. The van der Waals surface area contributed by atoms with E-state index in [4.69, 9.17) is 4.74 Å². The Hall–Kier alpha value is -0.280. The lowest BCUT2D eigenvalue weighted by Gasteiger charge is -2.26. The minimum Gasteiger partial charge on any atom is -0.364 e. The first-order valence-electron chi connectivity index (χ1n) is 4.48. The summed E-state index contributed by atoms with van der Waals surface area (Å²) in [7, 11) is 0. The molecular formula is C10H18O2S. The minimum absolute atomic E-state index is 0.0119. The van der Waals surface area contributed by atoms with Crippen LogP contribution in [-0.4, -0.2) is 16.7 Å². The number of hydrogen-bond donors (Lipinski definition) is 0. The summed E-state index contributed by atoms with van der Waals surface area (Å²) in [5.41, 5.74) is 0.573. The summed E-state index contributed by atoms with van der Waals surface area (Å²) in [5, 5.41) is 0.0119. The van der Waals surface area contributed by atoms with Crippen LogP contribution in [0.25, 0.3) is 0 Å². The van der Waals surface area contributed by atoms with Gasteiger partial charge in [-0.3, -0.25) is 4.79 Å². The highest BCUT2D eigenvalue weighted by molar-refractivity contribution is 8.15. The molecule has 0 aromatic carbocycles. The van der Waals surface area contributed by atoms with Crippen LogP contribution in [0, 0.1) is 0 Å². The van der Waals surface area contributed by atoms with Gasteiger partial charge in [-0.25, -0.2) is 0 Å². The molecular weight excluding hydrogens is 184 g/mol. The van der Waals surface area contributed by atoms with Gasteiger partial charge in [0.1, 0.15) is 4.93 Å². The van der Waals surface area contributed by atoms with Gasteiger partial charge in [0.2, 0.25) is 5.12 Å². The largest absolute Gasteiger partial charge is 0.364 e. The maximum atomic E-state index is 11.4. The Balaban J connectivity index is 4.26. The van der Waals surface area contributed by atoms with Gasteiger partial charge in [0, 0.05) is 6.61 Å². The van der Waals surface area contributed by atoms with Crippen molar-refractivity contribution >= 4 is 16.9 Å². The van der Waals surface area contributed by atoms with Crippen molar-refractivity contribution in [1.82, 2.24) is 0 Å². The van der Waals surface area contributed by atoms with Crippen LogP contribution in [0.2, 0.25) is 0 Å². The second kappa shape index (κ2) is 5.45. The van der Waals surface area contributed by atoms with Crippen LogP contribution in [0.4, 0.5) is 0 Å². The topological polar surface area (TPSA) is 26.3 Å². The zero-order valence-electron chi connectivity index (χ0n) is 8.85. The lowest BCUT2D eigenvalue weighted by Crippen LogP contribution is -2.25. The fourth-order valence-corrected chi connectivity index (χ4v) is 1.68. The molecule has 0 rings (SSSR count). The molecule has 0 aliphatic rings. The van der Waals surface area contributed by atoms with Crippen LogP contribution in [0.5, 0.6) is 0 Å². The Kier molecular flexibility index (Phi) is 5.33. The molecule has 0 saturated heterocycles. The van der Waals surface area contributed by atoms with Gasteiger partial charge >= 0.3 is 0 Å². The number of hydrogen-bond acceptors (Lipinski definition) is 3. The first-order chi connectivity index (χ1) is 5.95. The highest BCUT2D eigenvalue weighted by atomic mass is 32.2. The number of ether oxygens (including phenoxy) is 1. The summed E-state index contributed by atoms with van der Waals surface area (Å²) in [6.45, 7) is 11.8. The van der Waals surface area contributed by atoms with Crippen LogP contribution in [0.15, 0.2) is 12.2 Å².